The lowest BCUT2D eigenvalue weighted by Gasteiger charge is -2.22. The number of amides is 1. The number of carbonyl (C=O) groups is 1. The van der Waals surface area contributed by atoms with Crippen LogP contribution in [0.5, 0.6) is 0 Å². The summed E-state index contributed by atoms with van der Waals surface area (Å²) in [5.41, 5.74) is 0. The van der Waals surface area contributed by atoms with E-state index in [2.05, 4.69) is 6.92 Å². The second kappa shape index (κ2) is 6.01. The van der Waals surface area contributed by atoms with Gasteiger partial charge in [0, 0.05) is 32.1 Å². The second-order valence-electron chi connectivity index (χ2n) is 6.22. The van der Waals surface area contributed by atoms with E-state index in [9.17, 15) is 13.2 Å². The quantitative estimate of drug-likeness (QED) is 0.849. The average molecular weight is 322 g/mol. The van der Waals surface area contributed by atoms with Crippen LogP contribution in [0.2, 0.25) is 0 Å². The molecule has 2 aliphatic rings. The Labute approximate surface area is 132 Å². The largest absolute Gasteiger partial charge is 0.341 e. The van der Waals surface area contributed by atoms with E-state index in [1.54, 1.807) is 30.3 Å². The van der Waals surface area contributed by atoms with Crippen molar-refractivity contribution in [3.05, 3.63) is 30.3 Å². The highest BCUT2D eigenvalue weighted by Gasteiger charge is 2.42. The second-order valence-corrected chi connectivity index (χ2v) is 8.15. The van der Waals surface area contributed by atoms with Gasteiger partial charge < -0.3 is 4.90 Å². The van der Waals surface area contributed by atoms with Crippen molar-refractivity contribution in [2.75, 3.05) is 26.2 Å². The Kier molecular flexibility index (Phi) is 4.23. The topological polar surface area (TPSA) is 57.7 Å². The number of benzene rings is 1. The third-order valence-electron chi connectivity index (χ3n) is 4.57. The molecule has 120 valence electrons. The molecule has 1 saturated carbocycles. The molecule has 1 aromatic carbocycles. The maximum atomic E-state index is 12.6. The van der Waals surface area contributed by atoms with Crippen LogP contribution in [-0.2, 0) is 14.8 Å². The molecule has 1 saturated heterocycles. The van der Waals surface area contributed by atoms with Crippen molar-refractivity contribution in [2.45, 2.75) is 24.7 Å². The van der Waals surface area contributed by atoms with Crippen molar-refractivity contribution in [3.8, 4) is 0 Å². The summed E-state index contributed by atoms with van der Waals surface area (Å²) in [6, 6.07) is 8.51. The lowest BCUT2D eigenvalue weighted by atomic mass is 10.3. The molecule has 0 unspecified atom stereocenters. The van der Waals surface area contributed by atoms with Crippen molar-refractivity contribution in [1.82, 2.24) is 9.21 Å². The Balaban J connectivity index is 1.69. The summed E-state index contributed by atoms with van der Waals surface area (Å²) in [6.07, 6.45) is 1.67. The summed E-state index contributed by atoms with van der Waals surface area (Å²) >= 11 is 0. The summed E-state index contributed by atoms with van der Waals surface area (Å²) in [6.45, 7) is 4.09. The van der Waals surface area contributed by atoms with Gasteiger partial charge in [0.15, 0.2) is 0 Å². The Morgan fingerprint density at radius 3 is 2.41 bits per heavy atom. The van der Waals surface area contributed by atoms with Crippen molar-refractivity contribution in [2.24, 2.45) is 11.8 Å². The number of rotatable bonds is 3. The Morgan fingerprint density at radius 2 is 1.77 bits per heavy atom. The number of carbonyl (C=O) groups excluding carboxylic acids is 1. The van der Waals surface area contributed by atoms with Gasteiger partial charge in [0.25, 0.3) is 0 Å². The van der Waals surface area contributed by atoms with Gasteiger partial charge in [-0.05, 0) is 30.9 Å². The predicted octanol–water partition coefficient (Wildman–Crippen LogP) is 1.57. The first-order valence-corrected chi connectivity index (χ1v) is 9.28. The SMILES string of the molecule is C[C@H]1C[C@H]1C(=O)N1CCCN(S(=O)(=O)c2ccccc2)CC1. The molecular formula is C16H22N2O3S. The van der Waals surface area contributed by atoms with Crippen molar-refractivity contribution >= 4 is 15.9 Å². The van der Waals surface area contributed by atoms with Crippen LogP contribution >= 0.6 is 0 Å². The molecule has 1 aliphatic heterocycles. The first-order chi connectivity index (χ1) is 10.5. The Hall–Kier alpha value is -1.40. The van der Waals surface area contributed by atoms with Gasteiger partial charge in [-0.25, -0.2) is 8.42 Å². The van der Waals surface area contributed by atoms with Crippen LogP contribution in [0.3, 0.4) is 0 Å². The molecule has 2 atom stereocenters. The molecule has 2 fully saturated rings. The summed E-state index contributed by atoms with van der Waals surface area (Å²) < 4.78 is 26.8. The van der Waals surface area contributed by atoms with Crippen molar-refractivity contribution < 1.29 is 13.2 Å². The summed E-state index contributed by atoms with van der Waals surface area (Å²) in [5.74, 6) is 0.851. The van der Waals surface area contributed by atoms with E-state index >= 15 is 0 Å². The summed E-state index contributed by atoms with van der Waals surface area (Å²) in [5, 5.41) is 0. The molecule has 1 amide bonds. The van der Waals surface area contributed by atoms with E-state index in [1.165, 1.54) is 4.31 Å². The van der Waals surface area contributed by atoms with Crippen LogP contribution in [0.1, 0.15) is 19.8 Å². The van der Waals surface area contributed by atoms with Crippen LogP contribution in [0.4, 0.5) is 0 Å². The van der Waals surface area contributed by atoms with Gasteiger partial charge in [-0.1, -0.05) is 25.1 Å². The molecule has 1 aliphatic carbocycles. The molecule has 1 heterocycles. The maximum Gasteiger partial charge on any atom is 0.243 e. The Morgan fingerprint density at radius 1 is 1.09 bits per heavy atom. The highest BCUT2D eigenvalue weighted by molar-refractivity contribution is 7.89. The molecule has 6 heteroatoms. The van der Waals surface area contributed by atoms with Crippen LogP contribution < -0.4 is 0 Å². The van der Waals surface area contributed by atoms with Crippen LogP contribution in [-0.4, -0.2) is 49.7 Å². The molecule has 1 aromatic rings. The summed E-state index contributed by atoms with van der Waals surface area (Å²) in [7, 11) is -3.45. The lowest BCUT2D eigenvalue weighted by Crippen LogP contribution is -2.38. The number of hydrogen-bond acceptors (Lipinski definition) is 3. The third-order valence-corrected chi connectivity index (χ3v) is 6.49. The van der Waals surface area contributed by atoms with E-state index in [-0.39, 0.29) is 11.8 Å². The molecule has 0 radical (unpaired) electrons. The van der Waals surface area contributed by atoms with Crippen LogP contribution in [0.15, 0.2) is 35.2 Å². The van der Waals surface area contributed by atoms with Gasteiger partial charge in [-0.15, -0.1) is 0 Å². The van der Waals surface area contributed by atoms with Gasteiger partial charge in [-0.3, -0.25) is 4.79 Å². The zero-order valence-corrected chi connectivity index (χ0v) is 13.6. The van der Waals surface area contributed by atoms with Gasteiger partial charge in [0.2, 0.25) is 15.9 Å². The standard InChI is InChI=1S/C16H22N2O3S/c1-13-12-15(13)16(19)17-8-5-9-18(11-10-17)22(20,21)14-6-3-2-4-7-14/h2-4,6-7,13,15H,5,8-12H2,1H3/t13-,15+/m0/s1. The van der Waals surface area contributed by atoms with Crippen molar-refractivity contribution in [3.63, 3.8) is 0 Å². The number of nitrogens with zero attached hydrogens (tertiary/aromatic N) is 2. The minimum atomic E-state index is -3.45. The first-order valence-electron chi connectivity index (χ1n) is 7.84. The Bertz CT molecular complexity index is 645. The lowest BCUT2D eigenvalue weighted by molar-refractivity contribution is -0.132. The van der Waals surface area contributed by atoms with Gasteiger partial charge in [0.05, 0.1) is 4.90 Å². The molecule has 0 bridgehead atoms. The van der Waals surface area contributed by atoms with E-state index in [4.69, 9.17) is 0 Å². The normalized spacial score (nSPS) is 26.5. The van der Waals surface area contributed by atoms with E-state index in [1.807, 2.05) is 4.90 Å². The van der Waals surface area contributed by atoms with Gasteiger partial charge in [0.1, 0.15) is 0 Å². The van der Waals surface area contributed by atoms with E-state index in [0.29, 0.717) is 43.4 Å². The monoisotopic (exact) mass is 322 g/mol. The molecular weight excluding hydrogens is 300 g/mol. The fourth-order valence-electron chi connectivity index (χ4n) is 3.00. The smallest absolute Gasteiger partial charge is 0.243 e. The maximum absolute atomic E-state index is 12.6. The predicted molar refractivity (Wildman–Crippen MR) is 83.7 cm³/mol. The molecule has 5 nitrogen and oxygen atoms in total. The summed E-state index contributed by atoms with van der Waals surface area (Å²) in [4.78, 5) is 14.5. The number of hydrogen-bond donors (Lipinski definition) is 0. The average Bonchev–Trinajstić information content (AvgIpc) is 3.29. The first kappa shape index (κ1) is 15.5. The molecule has 0 aromatic heterocycles. The van der Waals surface area contributed by atoms with Gasteiger partial charge in [-0.2, -0.15) is 4.31 Å². The third kappa shape index (κ3) is 3.03. The minimum Gasteiger partial charge on any atom is -0.341 e. The van der Waals surface area contributed by atoms with Crippen LogP contribution in [0.25, 0.3) is 0 Å². The fraction of sp³-hybridized carbons (Fsp3) is 0.562. The van der Waals surface area contributed by atoms with E-state index < -0.39 is 10.0 Å². The molecule has 0 spiro atoms. The zero-order chi connectivity index (χ0) is 15.7. The molecule has 22 heavy (non-hydrogen) atoms. The fourth-order valence-corrected chi connectivity index (χ4v) is 4.49. The highest BCUT2D eigenvalue weighted by atomic mass is 32.2. The highest BCUT2D eigenvalue weighted by Crippen LogP contribution is 2.39. The number of sulfonamides is 1. The van der Waals surface area contributed by atoms with Gasteiger partial charge >= 0.3 is 0 Å². The molecule has 0 N–H and O–H groups in total. The van der Waals surface area contributed by atoms with Crippen molar-refractivity contribution in [1.29, 1.82) is 0 Å². The molecule has 3 rings (SSSR count). The van der Waals surface area contributed by atoms with Crippen LogP contribution in [0, 0.1) is 11.8 Å². The zero-order valence-electron chi connectivity index (χ0n) is 12.8. The minimum absolute atomic E-state index is 0.164. The van der Waals surface area contributed by atoms with E-state index in [0.717, 1.165) is 6.42 Å².